The number of para-hydroxylation sites is 1. The molecule has 1 saturated heterocycles. The molecule has 2 aromatic carbocycles. The largest absolute Gasteiger partial charge is 0.758 e. The number of benzene rings is 2. The van der Waals surface area contributed by atoms with Crippen LogP contribution in [0.3, 0.4) is 0 Å². The highest BCUT2D eigenvalue weighted by molar-refractivity contribution is 5.83. The molecule has 0 aliphatic carbocycles. The number of hydroxylamine groups is 1. The van der Waals surface area contributed by atoms with Gasteiger partial charge < -0.3 is 20.2 Å². The fourth-order valence-electron chi connectivity index (χ4n) is 5.47. The number of hydrogen-bond donors (Lipinski definition) is 1. The van der Waals surface area contributed by atoms with Crippen LogP contribution in [0.4, 0.5) is 10.1 Å². The Morgan fingerprint density at radius 1 is 1.03 bits per heavy atom. The molecule has 0 bridgehead atoms. The number of nitrogens with zero attached hydrogens (tertiary/aromatic N) is 2. The summed E-state index contributed by atoms with van der Waals surface area (Å²) in [5.41, 5.74) is 4.35. The van der Waals surface area contributed by atoms with Crippen molar-refractivity contribution in [1.82, 2.24) is 9.88 Å². The Morgan fingerprint density at radius 3 is 2.74 bits per heavy atom. The quantitative estimate of drug-likeness (QED) is 0.499. The Labute approximate surface area is 183 Å². The minimum atomic E-state index is -0.163. The van der Waals surface area contributed by atoms with Gasteiger partial charge in [0, 0.05) is 28.8 Å². The van der Waals surface area contributed by atoms with Gasteiger partial charge in [0.2, 0.25) is 0 Å². The molecule has 1 aromatic heterocycles. The van der Waals surface area contributed by atoms with E-state index in [1.54, 1.807) is 6.07 Å². The second-order valence-corrected chi connectivity index (χ2v) is 9.19. The number of rotatable bonds is 6. The second-order valence-electron chi connectivity index (χ2n) is 9.19. The van der Waals surface area contributed by atoms with Gasteiger partial charge in [-0.1, -0.05) is 24.6 Å². The summed E-state index contributed by atoms with van der Waals surface area (Å²) in [6, 6.07) is 13.2. The average Bonchev–Trinajstić information content (AvgIpc) is 3.21. The van der Waals surface area contributed by atoms with E-state index in [0.29, 0.717) is 5.92 Å². The lowest BCUT2D eigenvalue weighted by atomic mass is 9.89. The Kier molecular flexibility index (Phi) is 5.97. The van der Waals surface area contributed by atoms with Crippen molar-refractivity contribution in [3.8, 4) is 0 Å². The van der Waals surface area contributed by atoms with Gasteiger partial charge in [-0.15, -0.1) is 0 Å². The lowest BCUT2D eigenvalue weighted by Crippen LogP contribution is -2.35. The lowest BCUT2D eigenvalue weighted by molar-refractivity contribution is 0.208. The molecule has 1 unspecified atom stereocenters. The van der Waals surface area contributed by atoms with Gasteiger partial charge in [-0.3, -0.25) is 0 Å². The molecule has 4 nitrogen and oxygen atoms in total. The zero-order valence-electron chi connectivity index (χ0n) is 18.0. The molecule has 0 amide bonds. The summed E-state index contributed by atoms with van der Waals surface area (Å²) in [6.45, 7) is 3.30. The molecular formula is C26H31FN3O-. The highest BCUT2D eigenvalue weighted by Crippen LogP contribution is 2.34. The predicted octanol–water partition coefficient (Wildman–Crippen LogP) is 5.98. The normalized spacial score (nSPS) is 20.3. The number of aromatic amines is 1. The summed E-state index contributed by atoms with van der Waals surface area (Å²) in [5.74, 6) is 0.340. The van der Waals surface area contributed by atoms with Gasteiger partial charge in [-0.2, -0.15) is 0 Å². The van der Waals surface area contributed by atoms with E-state index in [1.807, 2.05) is 24.3 Å². The standard InChI is InChI=1S/C26H31FN3O/c27-21-9-11-25-23(17-21)24(18-28-25)19-12-15-29(16-13-19)14-4-3-6-22-10-8-20-5-1-2-7-26(20)30(22)31/h1-2,5,7,9,11,17-19,22,28H,3-4,6,8,10,12-16H2/q-1. The molecule has 164 valence electrons. The van der Waals surface area contributed by atoms with Gasteiger partial charge >= 0.3 is 0 Å². The molecule has 2 aliphatic heterocycles. The number of unbranched alkanes of at least 4 members (excludes halogenated alkanes) is 1. The summed E-state index contributed by atoms with van der Waals surface area (Å²) >= 11 is 0. The van der Waals surface area contributed by atoms with E-state index in [2.05, 4.69) is 22.1 Å². The Morgan fingerprint density at radius 2 is 1.87 bits per heavy atom. The SMILES string of the molecule is [O-]N1c2ccccc2CCC1CCCCN1CCC(c2c[nH]c3ccc(F)cc23)CC1. The third-order valence-electron chi connectivity index (χ3n) is 7.27. The summed E-state index contributed by atoms with van der Waals surface area (Å²) in [4.78, 5) is 5.85. The number of hydrogen-bond acceptors (Lipinski definition) is 3. The maximum absolute atomic E-state index is 13.7. The van der Waals surface area contributed by atoms with Gasteiger partial charge in [0.15, 0.2) is 0 Å². The van der Waals surface area contributed by atoms with Crippen LogP contribution in [0, 0.1) is 11.0 Å². The third-order valence-corrected chi connectivity index (χ3v) is 7.27. The van der Waals surface area contributed by atoms with Crippen molar-refractivity contribution < 1.29 is 4.39 Å². The fraction of sp³-hybridized carbons (Fsp3) is 0.462. The molecule has 5 heteroatoms. The first kappa shape index (κ1) is 20.5. The molecule has 1 N–H and O–H groups in total. The maximum Gasteiger partial charge on any atom is 0.123 e. The zero-order valence-corrected chi connectivity index (χ0v) is 18.0. The number of H-pyrrole nitrogens is 1. The molecule has 5 rings (SSSR count). The number of aromatic nitrogens is 1. The molecule has 0 saturated carbocycles. The number of halogens is 1. The molecule has 0 spiro atoms. The maximum atomic E-state index is 13.7. The average molecular weight is 421 g/mol. The minimum absolute atomic E-state index is 0.128. The van der Waals surface area contributed by atoms with Crippen molar-refractivity contribution >= 4 is 16.6 Å². The first-order valence-corrected chi connectivity index (χ1v) is 11.7. The lowest BCUT2D eigenvalue weighted by Gasteiger charge is -2.44. The highest BCUT2D eigenvalue weighted by Gasteiger charge is 2.23. The zero-order chi connectivity index (χ0) is 21.2. The van der Waals surface area contributed by atoms with E-state index >= 15 is 0 Å². The molecular weight excluding hydrogens is 389 g/mol. The number of likely N-dealkylation sites (tertiary alicyclic amines) is 1. The summed E-state index contributed by atoms with van der Waals surface area (Å²) in [7, 11) is 0. The van der Waals surface area contributed by atoms with Gasteiger partial charge in [-0.05, 0) is 99.5 Å². The van der Waals surface area contributed by atoms with Crippen LogP contribution in [0.15, 0.2) is 48.7 Å². The number of fused-ring (bicyclic) bond motifs is 2. The van der Waals surface area contributed by atoms with E-state index in [1.165, 1.54) is 22.3 Å². The number of aryl methyl sites for hydroxylation is 1. The van der Waals surface area contributed by atoms with Crippen molar-refractivity contribution in [2.75, 3.05) is 24.7 Å². The molecule has 0 radical (unpaired) electrons. The van der Waals surface area contributed by atoms with Crippen LogP contribution in [0.2, 0.25) is 0 Å². The molecule has 1 atom stereocenters. The van der Waals surface area contributed by atoms with E-state index in [9.17, 15) is 9.60 Å². The van der Waals surface area contributed by atoms with Crippen LogP contribution < -0.4 is 5.06 Å². The monoisotopic (exact) mass is 420 g/mol. The molecule has 3 heterocycles. The van der Waals surface area contributed by atoms with Crippen molar-refractivity contribution in [3.05, 3.63) is 70.8 Å². The van der Waals surface area contributed by atoms with Crippen LogP contribution in [-0.4, -0.2) is 35.6 Å². The van der Waals surface area contributed by atoms with Gasteiger partial charge in [0.1, 0.15) is 5.82 Å². The van der Waals surface area contributed by atoms with Crippen molar-refractivity contribution in [1.29, 1.82) is 0 Å². The van der Waals surface area contributed by atoms with E-state index in [4.69, 9.17) is 0 Å². The van der Waals surface area contributed by atoms with Crippen LogP contribution in [0.5, 0.6) is 0 Å². The van der Waals surface area contributed by atoms with Gasteiger partial charge in [0.05, 0.1) is 0 Å². The van der Waals surface area contributed by atoms with Crippen molar-refractivity contribution in [2.45, 2.75) is 56.9 Å². The third kappa shape index (κ3) is 4.35. The fourth-order valence-corrected chi connectivity index (χ4v) is 5.47. The molecule has 31 heavy (non-hydrogen) atoms. The predicted molar refractivity (Wildman–Crippen MR) is 125 cm³/mol. The number of nitrogens with one attached hydrogen (secondary N) is 1. The topological polar surface area (TPSA) is 45.3 Å². The van der Waals surface area contributed by atoms with E-state index in [-0.39, 0.29) is 11.9 Å². The van der Waals surface area contributed by atoms with Crippen LogP contribution >= 0.6 is 0 Å². The smallest absolute Gasteiger partial charge is 0.123 e. The highest BCUT2D eigenvalue weighted by atomic mass is 19.1. The van der Waals surface area contributed by atoms with Crippen LogP contribution in [0.25, 0.3) is 10.9 Å². The summed E-state index contributed by atoms with van der Waals surface area (Å²) in [6.07, 6.45) is 9.54. The van der Waals surface area contributed by atoms with E-state index in [0.717, 1.165) is 81.2 Å². The Balaban J connectivity index is 1.07. The molecule has 3 aromatic rings. The number of piperidine rings is 1. The summed E-state index contributed by atoms with van der Waals surface area (Å²) < 4.78 is 13.7. The van der Waals surface area contributed by atoms with Crippen molar-refractivity contribution in [2.24, 2.45) is 0 Å². The summed E-state index contributed by atoms with van der Waals surface area (Å²) in [5, 5.41) is 15.0. The first-order chi connectivity index (χ1) is 15.2. The minimum Gasteiger partial charge on any atom is -0.758 e. The molecule has 1 fully saturated rings. The van der Waals surface area contributed by atoms with Crippen LogP contribution in [0.1, 0.15) is 55.6 Å². The van der Waals surface area contributed by atoms with Crippen LogP contribution in [-0.2, 0) is 6.42 Å². The van der Waals surface area contributed by atoms with Gasteiger partial charge in [0.25, 0.3) is 0 Å². The van der Waals surface area contributed by atoms with E-state index < -0.39 is 0 Å². The Bertz CT molecular complexity index is 1020. The van der Waals surface area contributed by atoms with Crippen molar-refractivity contribution in [3.63, 3.8) is 0 Å². The Hall–Kier alpha value is -2.37. The second kappa shape index (κ2) is 9.01. The van der Waals surface area contributed by atoms with Gasteiger partial charge in [-0.25, -0.2) is 4.39 Å². The first-order valence-electron chi connectivity index (χ1n) is 11.7. The number of anilines is 1. The molecule has 2 aliphatic rings.